The first-order valence-electron chi connectivity index (χ1n) is 5.39. The number of rotatable bonds is 6. The van der Waals surface area contributed by atoms with Crippen LogP contribution in [0.25, 0.3) is 0 Å². The Balaban J connectivity index is 2.43. The van der Waals surface area contributed by atoms with Crippen molar-refractivity contribution in [1.82, 2.24) is 9.97 Å². The van der Waals surface area contributed by atoms with Crippen LogP contribution in [0.2, 0.25) is 0 Å². The zero-order valence-electron chi connectivity index (χ0n) is 9.51. The van der Waals surface area contributed by atoms with Crippen molar-refractivity contribution in [3.05, 3.63) is 12.3 Å². The molecule has 0 aromatic carbocycles. The van der Waals surface area contributed by atoms with Gasteiger partial charge in [-0.1, -0.05) is 6.92 Å². The predicted molar refractivity (Wildman–Crippen MR) is 60.0 cm³/mol. The molecule has 0 fully saturated rings. The highest BCUT2D eigenvalue weighted by Crippen LogP contribution is 2.19. The molecule has 0 radical (unpaired) electrons. The molecule has 1 heterocycles. The Morgan fingerprint density at radius 3 is 2.65 bits per heavy atom. The molecular weight excluding hydrogens is 233 g/mol. The molecule has 17 heavy (non-hydrogen) atoms. The molecule has 0 amide bonds. The second kappa shape index (κ2) is 6.27. The molecule has 0 saturated heterocycles. The number of hydrogen-bond donors (Lipinski definition) is 2. The van der Waals surface area contributed by atoms with E-state index in [1.807, 2.05) is 6.92 Å². The topological polar surface area (TPSA) is 49.8 Å². The lowest BCUT2D eigenvalue weighted by molar-refractivity contribution is -0.131. The SMILES string of the molecule is CCCNc1nccc(NCCC(F)(F)F)n1. The van der Waals surface area contributed by atoms with E-state index in [0.717, 1.165) is 13.0 Å². The maximum Gasteiger partial charge on any atom is 0.390 e. The highest BCUT2D eigenvalue weighted by Gasteiger charge is 2.26. The summed E-state index contributed by atoms with van der Waals surface area (Å²) >= 11 is 0. The van der Waals surface area contributed by atoms with E-state index in [4.69, 9.17) is 0 Å². The minimum atomic E-state index is -4.15. The first-order chi connectivity index (χ1) is 8.01. The van der Waals surface area contributed by atoms with Gasteiger partial charge >= 0.3 is 6.18 Å². The van der Waals surface area contributed by atoms with Crippen LogP contribution in [0.15, 0.2) is 12.3 Å². The van der Waals surface area contributed by atoms with Crippen LogP contribution in [0.4, 0.5) is 24.9 Å². The van der Waals surface area contributed by atoms with Crippen molar-refractivity contribution in [1.29, 1.82) is 0 Å². The lowest BCUT2D eigenvalue weighted by Gasteiger charge is -2.09. The Morgan fingerprint density at radius 1 is 1.24 bits per heavy atom. The average Bonchev–Trinajstić information content (AvgIpc) is 2.25. The molecule has 1 rings (SSSR count). The Labute approximate surface area is 97.7 Å². The zero-order valence-corrected chi connectivity index (χ0v) is 9.51. The van der Waals surface area contributed by atoms with Crippen LogP contribution in [0.3, 0.4) is 0 Å². The van der Waals surface area contributed by atoms with Crippen LogP contribution in [-0.2, 0) is 0 Å². The van der Waals surface area contributed by atoms with Gasteiger partial charge in [-0.25, -0.2) is 4.98 Å². The van der Waals surface area contributed by atoms with Gasteiger partial charge in [0.15, 0.2) is 0 Å². The number of aromatic nitrogens is 2. The smallest absolute Gasteiger partial charge is 0.370 e. The summed E-state index contributed by atoms with van der Waals surface area (Å²) in [5, 5.41) is 5.56. The zero-order chi connectivity index (χ0) is 12.7. The van der Waals surface area contributed by atoms with Gasteiger partial charge < -0.3 is 10.6 Å². The third-order valence-electron chi connectivity index (χ3n) is 1.90. The van der Waals surface area contributed by atoms with E-state index in [-0.39, 0.29) is 6.54 Å². The molecule has 4 nitrogen and oxygen atoms in total. The average molecular weight is 248 g/mol. The maximum atomic E-state index is 11.9. The Kier molecular flexibility index (Phi) is 4.99. The summed E-state index contributed by atoms with van der Waals surface area (Å²) in [7, 11) is 0. The fraction of sp³-hybridized carbons (Fsp3) is 0.600. The first-order valence-corrected chi connectivity index (χ1v) is 5.39. The highest BCUT2D eigenvalue weighted by atomic mass is 19.4. The molecule has 0 bridgehead atoms. The number of anilines is 2. The third kappa shape index (κ3) is 5.94. The van der Waals surface area contributed by atoms with Crippen molar-refractivity contribution in [3.8, 4) is 0 Å². The molecule has 0 unspecified atom stereocenters. The summed E-state index contributed by atoms with van der Waals surface area (Å²) in [5.74, 6) is 0.812. The normalized spacial score (nSPS) is 11.3. The van der Waals surface area contributed by atoms with Crippen LogP contribution in [0.1, 0.15) is 19.8 Å². The molecular formula is C10H15F3N4. The summed E-state index contributed by atoms with van der Waals surface area (Å²) in [6.07, 6.45) is -2.60. The highest BCUT2D eigenvalue weighted by molar-refractivity contribution is 5.39. The molecule has 1 aromatic heterocycles. The van der Waals surface area contributed by atoms with Crippen LogP contribution >= 0.6 is 0 Å². The predicted octanol–water partition coefficient (Wildman–Crippen LogP) is 2.66. The van der Waals surface area contributed by atoms with Crippen molar-refractivity contribution in [2.24, 2.45) is 0 Å². The van der Waals surface area contributed by atoms with E-state index in [2.05, 4.69) is 20.6 Å². The van der Waals surface area contributed by atoms with Gasteiger partial charge in [0.25, 0.3) is 0 Å². The Bertz CT molecular complexity index is 341. The molecule has 1 aromatic rings. The third-order valence-corrected chi connectivity index (χ3v) is 1.90. The fourth-order valence-electron chi connectivity index (χ4n) is 1.11. The van der Waals surface area contributed by atoms with Crippen LogP contribution in [-0.4, -0.2) is 29.2 Å². The van der Waals surface area contributed by atoms with Crippen molar-refractivity contribution in [2.45, 2.75) is 25.9 Å². The van der Waals surface area contributed by atoms with Crippen LogP contribution < -0.4 is 10.6 Å². The molecule has 0 spiro atoms. The second-order valence-corrected chi connectivity index (χ2v) is 3.48. The number of nitrogens with zero attached hydrogens (tertiary/aromatic N) is 2. The van der Waals surface area contributed by atoms with Crippen molar-refractivity contribution < 1.29 is 13.2 Å². The Morgan fingerprint density at radius 2 is 2.00 bits per heavy atom. The van der Waals surface area contributed by atoms with E-state index in [0.29, 0.717) is 11.8 Å². The van der Waals surface area contributed by atoms with Gasteiger partial charge in [-0.15, -0.1) is 0 Å². The Hall–Kier alpha value is -1.53. The monoisotopic (exact) mass is 248 g/mol. The number of alkyl halides is 3. The van der Waals surface area contributed by atoms with Crippen LogP contribution in [0.5, 0.6) is 0 Å². The van der Waals surface area contributed by atoms with Crippen molar-refractivity contribution >= 4 is 11.8 Å². The lowest BCUT2D eigenvalue weighted by atomic mass is 10.4. The van der Waals surface area contributed by atoms with Gasteiger partial charge in [-0.2, -0.15) is 18.2 Å². The van der Waals surface area contributed by atoms with Crippen LogP contribution in [0, 0.1) is 0 Å². The standard InChI is InChI=1S/C10H15F3N4/c1-2-5-15-9-16-6-3-8(17-9)14-7-4-10(11,12)13/h3,6H,2,4-5,7H2,1H3,(H2,14,15,16,17). The second-order valence-electron chi connectivity index (χ2n) is 3.48. The molecule has 0 saturated carbocycles. The molecule has 0 aliphatic heterocycles. The minimum Gasteiger partial charge on any atom is -0.370 e. The quantitative estimate of drug-likeness (QED) is 0.812. The van der Waals surface area contributed by atoms with Gasteiger partial charge in [-0.3, -0.25) is 0 Å². The lowest BCUT2D eigenvalue weighted by Crippen LogP contribution is -2.15. The molecule has 7 heteroatoms. The van der Waals surface area contributed by atoms with E-state index < -0.39 is 12.6 Å². The summed E-state index contributed by atoms with van der Waals surface area (Å²) in [6.45, 7) is 2.54. The summed E-state index contributed by atoms with van der Waals surface area (Å²) < 4.78 is 35.8. The van der Waals surface area contributed by atoms with Gasteiger partial charge in [0.2, 0.25) is 5.95 Å². The number of nitrogens with one attached hydrogen (secondary N) is 2. The maximum absolute atomic E-state index is 11.9. The summed E-state index contributed by atoms with van der Waals surface area (Å²) in [6, 6.07) is 1.54. The van der Waals surface area contributed by atoms with Gasteiger partial charge in [0.05, 0.1) is 6.42 Å². The number of hydrogen-bond acceptors (Lipinski definition) is 4. The molecule has 0 atom stereocenters. The molecule has 2 N–H and O–H groups in total. The molecule has 96 valence electrons. The van der Waals surface area contributed by atoms with E-state index in [1.165, 1.54) is 12.3 Å². The first kappa shape index (κ1) is 13.5. The number of halogens is 3. The van der Waals surface area contributed by atoms with E-state index >= 15 is 0 Å². The summed E-state index contributed by atoms with van der Waals surface area (Å²) in [5.41, 5.74) is 0. The summed E-state index contributed by atoms with van der Waals surface area (Å²) in [4.78, 5) is 7.98. The fourth-order valence-corrected chi connectivity index (χ4v) is 1.11. The van der Waals surface area contributed by atoms with Crippen molar-refractivity contribution in [2.75, 3.05) is 23.7 Å². The van der Waals surface area contributed by atoms with Gasteiger partial charge in [0, 0.05) is 19.3 Å². The van der Waals surface area contributed by atoms with Gasteiger partial charge in [-0.05, 0) is 12.5 Å². The molecule has 0 aliphatic rings. The largest absolute Gasteiger partial charge is 0.390 e. The van der Waals surface area contributed by atoms with E-state index in [1.54, 1.807) is 0 Å². The minimum absolute atomic E-state index is 0.187. The van der Waals surface area contributed by atoms with Crippen molar-refractivity contribution in [3.63, 3.8) is 0 Å². The van der Waals surface area contributed by atoms with E-state index in [9.17, 15) is 13.2 Å². The molecule has 0 aliphatic carbocycles. The van der Waals surface area contributed by atoms with Gasteiger partial charge in [0.1, 0.15) is 5.82 Å².